The Morgan fingerprint density at radius 3 is 2.87 bits per heavy atom. The molecule has 1 aliphatic heterocycles. The van der Waals surface area contributed by atoms with Crippen LogP contribution in [-0.4, -0.2) is 24.3 Å². The second-order valence-electron chi connectivity index (χ2n) is 4.94. The summed E-state index contributed by atoms with van der Waals surface area (Å²) < 4.78 is 0. The van der Waals surface area contributed by atoms with Crippen molar-refractivity contribution in [3.63, 3.8) is 0 Å². The van der Waals surface area contributed by atoms with Crippen molar-refractivity contribution in [2.45, 2.75) is 24.4 Å². The zero-order chi connectivity index (χ0) is 10.3. The lowest BCUT2D eigenvalue weighted by atomic mass is 9.75. The monoisotopic (exact) mass is 203 g/mol. The summed E-state index contributed by atoms with van der Waals surface area (Å²) in [7, 11) is 0. The predicted octanol–water partition coefficient (Wildman–Crippen LogP) is 1.30. The minimum atomic E-state index is -0.0997. The number of aliphatic hydroxyl groups excluding tert-OH is 1. The molecule has 1 heterocycles. The number of hydrogen-bond donors (Lipinski definition) is 2. The number of hydrogen-bond acceptors (Lipinski definition) is 2. The van der Waals surface area contributed by atoms with Gasteiger partial charge in [-0.3, -0.25) is 0 Å². The van der Waals surface area contributed by atoms with Crippen LogP contribution in [0.2, 0.25) is 0 Å². The van der Waals surface area contributed by atoms with Crippen molar-refractivity contribution < 1.29 is 5.11 Å². The highest BCUT2D eigenvalue weighted by molar-refractivity contribution is 5.31. The molecule has 3 atom stereocenters. The molecule has 3 rings (SSSR count). The molecule has 15 heavy (non-hydrogen) atoms. The van der Waals surface area contributed by atoms with Crippen LogP contribution in [0.25, 0.3) is 0 Å². The van der Waals surface area contributed by atoms with E-state index in [0.717, 1.165) is 25.9 Å². The lowest BCUT2D eigenvalue weighted by Crippen LogP contribution is -2.31. The smallest absolute Gasteiger partial charge is 0.0552 e. The molecule has 0 radical (unpaired) electrons. The van der Waals surface area contributed by atoms with Crippen LogP contribution in [0.1, 0.15) is 18.4 Å². The number of aliphatic hydroxyl groups is 1. The van der Waals surface area contributed by atoms with Gasteiger partial charge < -0.3 is 10.4 Å². The standard InChI is InChI=1S/C13H17NO/c15-12-6-11-8-14-9-13(11,7-12)10-4-2-1-3-5-10/h1-5,11-12,14-15H,6-9H2/t11-,12?,13+/m1/s1. The van der Waals surface area contributed by atoms with Gasteiger partial charge in [0.05, 0.1) is 6.10 Å². The number of rotatable bonds is 1. The van der Waals surface area contributed by atoms with Gasteiger partial charge in [-0.05, 0) is 30.9 Å². The zero-order valence-electron chi connectivity index (χ0n) is 8.82. The Morgan fingerprint density at radius 2 is 2.07 bits per heavy atom. The minimum Gasteiger partial charge on any atom is -0.393 e. The lowest BCUT2D eigenvalue weighted by molar-refractivity contribution is 0.170. The summed E-state index contributed by atoms with van der Waals surface area (Å²) in [5, 5.41) is 13.3. The Morgan fingerprint density at radius 1 is 1.27 bits per heavy atom. The van der Waals surface area contributed by atoms with Crippen LogP contribution >= 0.6 is 0 Å². The Labute approximate surface area is 90.3 Å². The molecular formula is C13H17NO. The molecule has 1 aromatic rings. The van der Waals surface area contributed by atoms with Crippen molar-refractivity contribution in [3.8, 4) is 0 Å². The summed E-state index contributed by atoms with van der Waals surface area (Å²) in [5.74, 6) is 0.620. The molecule has 1 aliphatic carbocycles. The van der Waals surface area contributed by atoms with Gasteiger partial charge in [0, 0.05) is 12.0 Å². The third-order valence-corrected chi connectivity index (χ3v) is 4.12. The van der Waals surface area contributed by atoms with E-state index in [-0.39, 0.29) is 11.5 Å². The molecule has 1 aromatic carbocycles. The van der Waals surface area contributed by atoms with Crippen LogP contribution < -0.4 is 5.32 Å². The molecule has 0 spiro atoms. The van der Waals surface area contributed by atoms with Gasteiger partial charge >= 0.3 is 0 Å². The summed E-state index contributed by atoms with van der Waals surface area (Å²) in [6.07, 6.45) is 1.79. The van der Waals surface area contributed by atoms with Gasteiger partial charge in [-0.25, -0.2) is 0 Å². The van der Waals surface area contributed by atoms with Gasteiger partial charge in [0.2, 0.25) is 0 Å². The van der Waals surface area contributed by atoms with Crippen LogP contribution in [0.3, 0.4) is 0 Å². The predicted molar refractivity (Wildman–Crippen MR) is 59.7 cm³/mol. The summed E-state index contributed by atoms with van der Waals surface area (Å²) in [6.45, 7) is 2.09. The molecule has 1 saturated heterocycles. The number of nitrogens with one attached hydrogen (secondary N) is 1. The SMILES string of the molecule is OC1C[C@@H]2CNC[C@]2(c2ccccc2)C1. The van der Waals surface area contributed by atoms with E-state index in [1.54, 1.807) is 0 Å². The lowest BCUT2D eigenvalue weighted by Gasteiger charge is -2.28. The molecule has 0 amide bonds. The Bertz CT molecular complexity index is 351. The first-order valence-electron chi connectivity index (χ1n) is 5.75. The average molecular weight is 203 g/mol. The van der Waals surface area contributed by atoms with Crippen molar-refractivity contribution in [2.24, 2.45) is 5.92 Å². The third kappa shape index (κ3) is 1.32. The Kier molecular flexibility index (Phi) is 2.08. The second-order valence-corrected chi connectivity index (χ2v) is 4.94. The van der Waals surface area contributed by atoms with E-state index in [2.05, 4.69) is 35.6 Å². The van der Waals surface area contributed by atoms with Crippen molar-refractivity contribution in [1.82, 2.24) is 5.32 Å². The topological polar surface area (TPSA) is 32.3 Å². The van der Waals surface area contributed by atoms with Gasteiger partial charge in [0.15, 0.2) is 0 Å². The minimum absolute atomic E-state index is 0.0997. The highest BCUT2D eigenvalue weighted by atomic mass is 16.3. The van der Waals surface area contributed by atoms with Gasteiger partial charge in [-0.2, -0.15) is 0 Å². The molecule has 2 nitrogen and oxygen atoms in total. The first kappa shape index (κ1) is 9.37. The van der Waals surface area contributed by atoms with Crippen LogP contribution in [0, 0.1) is 5.92 Å². The zero-order valence-corrected chi connectivity index (χ0v) is 8.82. The Balaban J connectivity index is 2.02. The summed E-state index contributed by atoms with van der Waals surface area (Å²) in [4.78, 5) is 0. The maximum Gasteiger partial charge on any atom is 0.0552 e. The molecule has 0 bridgehead atoms. The van der Waals surface area contributed by atoms with Gasteiger partial charge in [0.1, 0.15) is 0 Å². The van der Waals surface area contributed by atoms with E-state index in [1.165, 1.54) is 5.56 Å². The molecule has 2 N–H and O–H groups in total. The first-order chi connectivity index (χ1) is 7.31. The number of benzene rings is 1. The molecule has 2 aliphatic rings. The van der Waals surface area contributed by atoms with Crippen molar-refractivity contribution in [2.75, 3.05) is 13.1 Å². The molecule has 2 heteroatoms. The fraction of sp³-hybridized carbons (Fsp3) is 0.538. The Hall–Kier alpha value is -0.860. The van der Waals surface area contributed by atoms with E-state index in [1.807, 2.05) is 0 Å². The average Bonchev–Trinajstić information content (AvgIpc) is 2.75. The van der Waals surface area contributed by atoms with Crippen molar-refractivity contribution in [3.05, 3.63) is 35.9 Å². The molecule has 0 aromatic heterocycles. The van der Waals surface area contributed by atoms with Crippen molar-refractivity contribution in [1.29, 1.82) is 0 Å². The normalized spacial score (nSPS) is 39.3. The molecular weight excluding hydrogens is 186 g/mol. The van der Waals surface area contributed by atoms with E-state index >= 15 is 0 Å². The maximum atomic E-state index is 9.83. The van der Waals surface area contributed by atoms with Gasteiger partial charge in [-0.15, -0.1) is 0 Å². The van der Waals surface area contributed by atoms with E-state index in [0.29, 0.717) is 5.92 Å². The van der Waals surface area contributed by atoms with Gasteiger partial charge in [-0.1, -0.05) is 30.3 Å². The van der Waals surface area contributed by atoms with E-state index in [9.17, 15) is 5.11 Å². The van der Waals surface area contributed by atoms with Crippen LogP contribution in [-0.2, 0) is 5.41 Å². The highest BCUT2D eigenvalue weighted by Crippen LogP contribution is 2.47. The van der Waals surface area contributed by atoms with Crippen LogP contribution in [0.4, 0.5) is 0 Å². The van der Waals surface area contributed by atoms with E-state index in [4.69, 9.17) is 0 Å². The fourth-order valence-electron chi connectivity index (χ4n) is 3.41. The largest absolute Gasteiger partial charge is 0.393 e. The third-order valence-electron chi connectivity index (χ3n) is 4.12. The second kappa shape index (κ2) is 3.32. The maximum absolute atomic E-state index is 9.83. The van der Waals surface area contributed by atoms with Crippen LogP contribution in [0.15, 0.2) is 30.3 Å². The first-order valence-corrected chi connectivity index (χ1v) is 5.75. The molecule has 80 valence electrons. The molecule has 2 fully saturated rings. The van der Waals surface area contributed by atoms with Crippen LogP contribution in [0.5, 0.6) is 0 Å². The van der Waals surface area contributed by atoms with Crippen molar-refractivity contribution >= 4 is 0 Å². The highest BCUT2D eigenvalue weighted by Gasteiger charge is 2.50. The molecule has 1 saturated carbocycles. The van der Waals surface area contributed by atoms with Gasteiger partial charge in [0.25, 0.3) is 0 Å². The quantitative estimate of drug-likeness (QED) is 0.721. The summed E-state index contributed by atoms with van der Waals surface area (Å²) in [5.41, 5.74) is 1.61. The summed E-state index contributed by atoms with van der Waals surface area (Å²) in [6, 6.07) is 10.7. The summed E-state index contributed by atoms with van der Waals surface area (Å²) >= 11 is 0. The molecule has 1 unspecified atom stereocenters. The fourth-order valence-corrected chi connectivity index (χ4v) is 3.41. The number of fused-ring (bicyclic) bond motifs is 1. The van der Waals surface area contributed by atoms with E-state index < -0.39 is 0 Å².